The maximum atomic E-state index is 11.4. The van der Waals surface area contributed by atoms with Crippen LogP contribution in [0.25, 0.3) is 0 Å². The maximum Gasteiger partial charge on any atom is 0.303 e. The average molecular weight is 265 g/mol. The maximum absolute atomic E-state index is 11.4. The summed E-state index contributed by atoms with van der Waals surface area (Å²) in [7, 11) is -2.40. The Labute approximate surface area is 102 Å². The molecule has 0 radical (unpaired) electrons. The lowest BCUT2D eigenvalue weighted by Crippen LogP contribution is -2.31. The lowest BCUT2D eigenvalue weighted by atomic mass is 9.85. The van der Waals surface area contributed by atoms with Crippen molar-refractivity contribution in [2.45, 2.75) is 33.1 Å². The van der Waals surface area contributed by atoms with Crippen LogP contribution in [0.4, 0.5) is 0 Å². The highest BCUT2D eigenvalue weighted by Crippen LogP contribution is 2.24. The Morgan fingerprint density at radius 2 is 1.82 bits per heavy atom. The second kappa shape index (κ2) is 7.26. The molecule has 7 heteroatoms. The molecular formula is C10H19NO5S. The van der Waals surface area contributed by atoms with Crippen LogP contribution in [-0.2, 0) is 20.3 Å². The van der Waals surface area contributed by atoms with Crippen molar-refractivity contribution in [1.82, 2.24) is 5.32 Å². The van der Waals surface area contributed by atoms with Gasteiger partial charge in [-0.05, 0) is 11.8 Å². The van der Waals surface area contributed by atoms with Crippen LogP contribution < -0.4 is 5.32 Å². The number of carbonyl (C=O) groups is 2. The number of carboxylic acid groups (broad SMARTS) is 1. The van der Waals surface area contributed by atoms with Gasteiger partial charge in [-0.15, -0.1) is 0 Å². The molecule has 0 aromatic rings. The van der Waals surface area contributed by atoms with Crippen LogP contribution in [0.2, 0.25) is 0 Å². The lowest BCUT2D eigenvalue weighted by molar-refractivity contribution is -0.139. The third-order valence-electron chi connectivity index (χ3n) is 2.11. The van der Waals surface area contributed by atoms with Crippen molar-refractivity contribution < 1.29 is 23.1 Å². The monoisotopic (exact) mass is 265 g/mol. The standard InChI is InChI=1S/C10H19NO5S/c1-10(2,7-9(13)14)6-8(12)11-4-3-5-17(15)16/h17H,3-7H2,1-2H3,(H,11,12)(H,13,14). The second-order valence-corrected chi connectivity index (χ2v) is 5.78. The number of amides is 1. The molecule has 0 saturated carbocycles. The molecule has 0 spiro atoms. The predicted octanol–water partition coefficient (Wildman–Crippen LogP) is -0.00490. The van der Waals surface area contributed by atoms with Gasteiger partial charge in [-0.2, -0.15) is 0 Å². The van der Waals surface area contributed by atoms with E-state index < -0.39 is 22.1 Å². The van der Waals surface area contributed by atoms with Gasteiger partial charge in [0, 0.05) is 18.7 Å². The largest absolute Gasteiger partial charge is 0.481 e. The van der Waals surface area contributed by atoms with E-state index in [2.05, 4.69) is 5.32 Å². The Bertz CT molecular complexity index is 341. The summed E-state index contributed by atoms with van der Waals surface area (Å²) in [5, 5.41) is 11.2. The highest BCUT2D eigenvalue weighted by Gasteiger charge is 2.24. The van der Waals surface area contributed by atoms with Crippen molar-refractivity contribution in [2.75, 3.05) is 12.3 Å². The van der Waals surface area contributed by atoms with Gasteiger partial charge < -0.3 is 10.4 Å². The van der Waals surface area contributed by atoms with Crippen LogP contribution in [0.1, 0.15) is 33.1 Å². The second-order valence-electron chi connectivity index (χ2n) is 4.67. The third kappa shape index (κ3) is 9.80. The van der Waals surface area contributed by atoms with E-state index >= 15 is 0 Å². The molecule has 2 N–H and O–H groups in total. The Morgan fingerprint density at radius 1 is 1.24 bits per heavy atom. The minimum absolute atomic E-state index is 0.0497. The van der Waals surface area contributed by atoms with Crippen molar-refractivity contribution in [3.8, 4) is 0 Å². The van der Waals surface area contributed by atoms with Crippen LogP contribution in [0.3, 0.4) is 0 Å². The molecule has 0 saturated heterocycles. The van der Waals surface area contributed by atoms with Crippen molar-refractivity contribution in [2.24, 2.45) is 5.41 Å². The minimum atomic E-state index is -2.40. The molecule has 0 fully saturated rings. The van der Waals surface area contributed by atoms with Gasteiger partial charge in [-0.1, -0.05) is 13.8 Å². The summed E-state index contributed by atoms with van der Waals surface area (Å²) in [5.41, 5.74) is -0.598. The smallest absolute Gasteiger partial charge is 0.303 e. The number of carbonyl (C=O) groups excluding carboxylic acids is 1. The molecule has 0 aliphatic rings. The van der Waals surface area contributed by atoms with E-state index in [-0.39, 0.29) is 24.5 Å². The van der Waals surface area contributed by atoms with E-state index in [9.17, 15) is 18.0 Å². The van der Waals surface area contributed by atoms with Crippen molar-refractivity contribution in [1.29, 1.82) is 0 Å². The predicted molar refractivity (Wildman–Crippen MR) is 63.5 cm³/mol. The van der Waals surface area contributed by atoms with Crippen molar-refractivity contribution in [3.05, 3.63) is 0 Å². The fraction of sp³-hybridized carbons (Fsp3) is 0.800. The summed E-state index contributed by atoms with van der Waals surface area (Å²) in [4.78, 5) is 22.0. The van der Waals surface area contributed by atoms with E-state index in [0.29, 0.717) is 13.0 Å². The topological polar surface area (TPSA) is 101 Å². The lowest BCUT2D eigenvalue weighted by Gasteiger charge is -2.21. The summed E-state index contributed by atoms with van der Waals surface area (Å²) >= 11 is 0. The van der Waals surface area contributed by atoms with Crippen LogP contribution in [0.15, 0.2) is 0 Å². The molecule has 0 aromatic heterocycles. The molecule has 0 bridgehead atoms. The minimum Gasteiger partial charge on any atom is -0.481 e. The Hall–Kier alpha value is -1.11. The van der Waals surface area contributed by atoms with Gasteiger partial charge >= 0.3 is 5.97 Å². The number of rotatable bonds is 8. The number of carboxylic acids is 1. The molecule has 0 aliphatic heterocycles. The Balaban J connectivity index is 3.88. The zero-order valence-corrected chi connectivity index (χ0v) is 11.0. The zero-order chi connectivity index (χ0) is 13.5. The highest BCUT2D eigenvalue weighted by molar-refractivity contribution is 7.72. The summed E-state index contributed by atoms with van der Waals surface area (Å²) in [5.74, 6) is -1.14. The van der Waals surface area contributed by atoms with Gasteiger partial charge in [0.2, 0.25) is 5.91 Å². The van der Waals surface area contributed by atoms with Gasteiger partial charge in [0.05, 0.1) is 6.42 Å². The Kier molecular flexibility index (Phi) is 6.79. The highest BCUT2D eigenvalue weighted by atomic mass is 32.2. The van der Waals surface area contributed by atoms with Gasteiger partial charge in [-0.3, -0.25) is 9.59 Å². The average Bonchev–Trinajstić information content (AvgIpc) is 2.08. The molecule has 0 heterocycles. The molecule has 0 rings (SSSR count). The fourth-order valence-corrected chi connectivity index (χ4v) is 1.82. The molecule has 0 unspecified atom stereocenters. The molecule has 6 nitrogen and oxygen atoms in total. The number of nitrogens with one attached hydrogen (secondary N) is 1. The first-order valence-corrected chi connectivity index (χ1v) is 6.69. The van der Waals surface area contributed by atoms with Crippen molar-refractivity contribution >= 4 is 22.6 Å². The number of thiol groups is 1. The number of aliphatic carboxylic acids is 1. The van der Waals surface area contributed by atoms with Gasteiger partial charge in [0.15, 0.2) is 0 Å². The normalized spacial score (nSPS) is 11.5. The summed E-state index contributed by atoms with van der Waals surface area (Å²) in [6, 6.07) is 0. The van der Waals surface area contributed by atoms with E-state index in [1.54, 1.807) is 13.8 Å². The molecular weight excluding hydrogens is 246 g/mol. The first-order chi connectivity index (χ1) is 7.73. The molecule has 0 aromatic carbocycles. The van der Waals surface area contributed by atoms with Crippen LogP contribution in [0, 0.1) is 5.41 Å². The van der Waals surface area contributed by atoms with Crippen LogP contribution >= 0.6 is 0 Å². The van der Waals surface area contributed by atoms with Gasteiger partial charge in [0.25, 0.3) is 0 Å². The first-order valence-electron chi connectivity index (χ1n) is 5.33. The van der Waals surface area contributed by atoms with Crippen LogP contribution in [-0.4, -0.2) is 37.7 Å². The van der Waals surface area contributed by atoms with Gasteiger partial charge in [0.1, 0.15) is 10.7 Å². The quantitative estimate of drug-likeness (QED) is 0.423. The van der Waals surface area contributed by atoms with E-state index in [0.717, 1.165) is 0 Å². The molecule has 1 amide bonds. The van der Waals surface area contributed by atoms with Gasteiger partial charge in [-0.25, -0.2) is 8.42 Å². The summed E-state index contributed by atoms with van der Waals surface area (Å²) < 4.78 is 20.5. The third-order valence-corrected chi connectivity index (χ3v) is 2.79. The molecule has 0 atom stereocenters. The summed E-state index contributed by atoms with van der Waals surface area (Å²) in [6.07, 6.45) is 0.416. The van der Waals surface area contributed by atoms with Crippen LogP contribution in [0.5, 0.6) is 0 Å². The molecule has 100 valence electrons. The zero-order valence-electron chi connectivity index (χ0n) is 10.1. The van der Waals surface area contributed by atoms with E-state index in [1.807, 2.05) is 0 Å². The summed E-state index contributed by atoms with van der Waals surface area (Å²) in [6.45, 7) is 3.70. The Morgan fingerprint density at radius 3 is 2.29 bits per heavy atom. The molecule has 17 heavy (non-hydrogen) atoms. The SMILES string of the molecule is CC(C)(CC(=O)O)CC(=O)NCCC[SH](=O)=O. The first kappa shape index (κ1) is 15.9. The fourth-order valence-electron chi connectivity index (χ4n) is 1.40. The van der Waals surface area contributed by atoms with Crippen molar-refractivity contribution in [3.63, 3.8) is 0 Å². The van der Waals surface area contributed by atoms with E-state index in [1.165, 1.54) is 0 Å². The number of hydrogen-bond donors (Lipinski definition) is 3. The molecule has 0 aliphatic carbocycles. The van der Waals surface area contributed by atoms with E-state index in [4.69, 9.17) is 5.11 Å². The number of hydrogen-bond acceptors (Lipinski definition) is 4.